The summed E-state index contributed by atoms with van der Waals surface area (Å²) in [5.41, 5.74) is 5.20. The summed E-state index contributed by atoms with van der Waals surface area (Å²) < 4.78 is 10.2. The number of hydrogen-bond acceptors (Lipinski definition) is 2. The molecule has 0 fully saturated rings. The standard InChI is InChI=1S/C17H20O.C8H10O/c1-13-5-7-14(8-6-13)17(2,3)15-9-11-16(18-4)12-10-15;1-7-3-5-8(9-2)6-4-7/h5-12H,1-4H3;3-6H,1-2H3. The highest BCUT2D eigenvalue weighted by molar-refractivity contribution is 5.40. The average molecular weight is 363 g/mol. The predicted molar refractivity (Wildman–Crippen MR) is 114 cm³/mol. The molecule has 0 atom stereocenters. The molecule has 3 rings (SSSR count). The molecule has 2 nitrogen and oxygen atoms in total. The van der Waals surface area contributed by atoms with Crippen molar-refractivity contribution in [2.45, 2.75) is 33.1 Å². The minimum atomic E-state index is 0.0139. The lowest BCUT2D eigenvalue weighted by Gasteiger charge is -2.26. The first-order valence-corrected chi connectivity index (χ1v) is 9.19. The van der Waals surface area contributed by atoms with Crippen molar-refractivity contribution in [2.24, 2.45) is 0 Å². The van der Waals surface area contributed by atoms with Gasteiger partial charge in [-0.15, -0.1) is 0 Å². The highest BCUT2D eigenvalue weighted by atomic mass is 16.5. The monoisotopic (exact) mass is 362 g/mol. The van der Waals surface area contributed by atoms with Gasteiger partial charge in [0, 0.05) is 5.41 Å². The van der Waals surface area contributed by atoms with Gasteiger partial charge in [-0.2, -0.15) is 0 Å². The zero-order valence-corrected chi connectivity index (χ0v) is 17.2. The van der Waals surface area contributed by atoms with Crippen molar-refractivity contribution in [2.75, 3.05) is 14.2 Å². The Hall–Kier alpha value is -2.74. The predicted octanol–water partition coefficient (Wildman–Crippen LogP) is 6.33. The molecule has 3 aromatic rings. The molecule has 0 aliphatic rings. The highest BCUT2D eigenvalue weighted by Crippen LogP contribution is 2.32. The Kier molecular flexibility index (Phi) is 7.06. The third kappa shape index (κ3) is 5.62. The molecule has 0 heterocycles. The van der Waals surface area contributed by atoms with Crippen LogP contribution in [0.25, 0.3) is 0 Å². The van der Waals surface area contributed by atoms with Crippen LogP contribution in [0.5, 0.6) is 11.5 Å². The molecule has 0 unspecified atom stereocenters. The number of hydrogen-bond donors (Lipinski definition) is 0. The Morgan fingerprint density at radius 1 is 0.519 bits per heavy atom. The van der Waals surface area contributed by atoms with Gasteiger partial charge in [-0.25, -0.2) is 0 Å². The molecule has 27 heavy (non-hydrogen) atoms. The van der Waals surface area contributed by atoms with Crippen LogP contribution in [-0.4, -0.2) is 14.2 Å². The second-order valence-corrected chi connectivity index (χ2v) is 7.24. The highest BCUT2D eigenvalue weighted by Gasteiger charge is 2.22. The van der Waals surface area contributed by atoms with E-state index in [9.17, 15) is 0 Å². The molecule has 0 aromatic heterocycles. The van der Waals surface area contributed by atoms with Crippen LogP contribution in [-0.2, 0) is 5.41 Å². The third-order valence-corrected chi connectivity index (χ3v) is 4.84. The molecule has 0 saturated carbocycles. The Morgan fingerprint density at radius 2 is 0.815 bits per heavy atom. The van der Waals surface area contributed by atoms with Gasteiger partial charge in [-0.3, -0.25) is 0 Å². The quantitative estimate of drug-likeness (QED) is 0.539. The Morgan fingerprint density at radius 3 is 1.19 bits per heavy atom. The Labute approximate surface area is 163 Å². The summed E-state index contributed by atoms with van der Waals surface area (Å²) in [7, 11) is 3.37. The van der Waals surface area contributed by atoms with Gasteiger partial charge in [0.15, 0.2) is 0 Å². The van der Waals surface area contributed by atoms with Gasteiger partial charge in [-0.1, -0.05) is 73.5 Å². The van der Waals surface area contributed by atoms with Crippen LogP contribution in [0.4, 0.5) is 0 Å². The van der Waals surface area contributed by atoms with Gasteiger partial charge in [0.25, 0.3) is 0 Å². The molecule has 142 valence electrons. The van der Waals surface area contributed by atoms with Crippen LogP contribution in [0, 0.1) is 13.8 Å². The first-order valence-electron chi connectivity index (χ1n) is 9.19. The molecular formula is C25H30O2. The van der Waals surface area contributed by atoms with Crippen molar-refractivity contribution in [3.05, 3.63) is 95.1 Å². The summed E-state index contributed by atoms with van der Waals surface area (Å²) in [5, 5.41) is 0. The second-order valence-electron chi connectivity index (χ2n) is 7.24. The van der Waals surface area contributed by atoms with Crippen molar-refractivity contribution >= 4 is 0 Å². The van der Waals surface area contributed by atoms with E-state index in [2.05, 4.69) is 64.1 Å². The fourth-order valence-electron chi connectivity index (χ4n) is 2.82. The van der Waals surface area contributed by atoms with E-state index in [0.29, 0.717) is 0 Å². The maximum Gasteiger partial charge on any atom is 0.118 e. The van der Waals surface area contributed by atoms with E-state index in [0.717, 1.165) is 11.5 Å². The van der Waals surface area contributed by atoms with Crippen LogP contribution in [0.15, 0.2) is 72.8 Å². The van der Waals surface area contributed by atoms with Crippen LogP contribution in [0.2, 0.25) is 0 Å². The summed E-state index contributed by atoms with van der Waals surface area (Å²) in [5.74, 6) is 1.82. The molecule has 0 aliphatic heterocycles. The number of rotatable bonds is 4. The number of methoxy groups -OCH3 is 2. The second kappa shape index (κ2) is 9.27. The average Bonchev–Trinajstić information content (AvgIpc) is 2.69. The van der Waals surface area contributed by atoms with E-state index in [-0.39, 0.29) is 5.41 Å². The first-order chi connectivity index (χ1) is 12.9. The fraction of sp³-hybridized carbons (Fsp3) is 0.280. The van der Waals surface area contributed by atoms with Gasteiger partial charge in [-0.05, 0) is 49.2 Å². The van der Waals surface area contributed by atoms with Crippen LogP contribution < -0.4 is 9.47 Å². The number of ether oxygens (including phenoxy) is 2. The zero-order chi connectivity index (χ0) is 19.9. The largest absolute Gasteiger partial charge is 0.497 e. The Bertz CT molecular complexity index is 814. The van der Waals surface area contributed by atoms with E-state index in [1.807, 2.05) is 36.4 Å². The van der Waals surface area contributed by atoms with Crippen molar-refractivity contribution in [1.82, 2.24) is 0 Å². The zero-order valence-electron chi connectivity index (χ0n) is 17.2. The van der Waals surface area contributed by atoms with Crippen molar-refractivity contribution in [3.8, 4) is 11.5 Å². The van der Waals surface area contributed by atoms with E-state index in [1.54, 1.807) is 14.2 Å². The molecule has 3 aromatic carbocycles. The van der Waals surface area contributed by atoms with Crippen LogP contribution >= 0.6 is 0 Å². The first kappa shape index (κ1) is 20.6. The van der Waals surface area contributed by atoms with Crippen molar-refractivity contribution in [3.63, 3.8) is 0 Å². The van der Waals surface area contributed by atoms with Gasteiger partial charge in [0.05, 0.1) is 14.2 Å². The maximum atomic E-state index is 5.20. The summed E-state index contributed by atoms with van der Waals surface area (Å²) in [6.45, 7) is 8.67. The minimum Gasteiger partial charge on any atom is -0.497 e. The molecule has 0 saturated heterocycles. The lowest BCUT2D eigenvalue weighted by atomic mass is 9.78. The van der Waals surface area contributed by atoms with Gasteiger partial charge < -0.3 is 9.47 Å². The van der Waals surface area contributed by atoms with E-state index in [4.69, 9.17) is 9.47 Å². The van der Waals surface area contributed by atoms with Crippen molar-refractivity contribution in [1.29, 1.82) is 0 Å². The topological polar surface area (TPSA) is 18.5 Å². The van der Waals surface area contributed by atoms with Crippen molar-refractivity contribution < 1.29 is 9.47 Å². The Balaban J connectivity index is 0.000000244. The van der Waals surface area contributed by atoms with Gasteiger partial charge in [0.2, 0.25) is 0 Å². The third-order valence-electron chi connectivity index (χ3n) is 4.84. The van der Waals surface area contributed by atoms with E-state index < -0.39 is 0 Å². The molecule has 0 aliphatic carbocycles. The normalized spacial score (nSPS) is 10.6. The van der Waals surface area contributed by atoms with E-state index >= 15 is 0 Å². The molecule has 0 bridgehead atoms. The van der Waals surface area contributed by atoms with Crippen LogP contribution in [0.3, 0.4) is 0 Å². The molecule has 0 radical (unpaired) electrons. The smallest absolute Gasteiger partial charge is 0.118 e. The maximum absolute atomic E-state index is 5.20. The SMILES string of the molecule is COc1ccc(C(C)(C)c2ccc(C)cc2)cc1.COc1ccc(C)cc1. The summed E-state index contributed by atoms with van der Waals surface area (Å²) in [6.07, 6.45) is 0. The number of benzene rings is 3. The molecule has 2 heteroatoms. The lowest BCUT2D eigenvalue weighted by Crippen LogP contribution is -2.18. The number of aryl methyl sites for hydroxylation is 2. The summed E-state index contributed by atoms with van der Waals surface area (Å²) >= 11 is 0. The van der Waals surface area contributed by atoms with Gasteiger partial charge in [0.1, 0.15) is 11.5 Å². The molecule has 0 N–H and O–H groups in total. The molecular weight excluding hydrogens is 332 g/mol. The molecule has 0 spiro atoms. The van der Waals surface area contributed by atoms with Crippen LogP contribution in [0.1, 0.15) is 36.1 Å². The van der Waals surface area contributed by atoms with Gasteiger partial charge >= 0.3 is 0 Å². The fourth-order valence-corrected chi connectivity index (χ4v) is 2.82. The molecule has 0 amide bonds. The lowest BCUT2D eigenvalue weighted by molar-refractivity contribution is 0.414. The van der Waals surface area contributed by atoms with E-state index in [1.165, 1.54) is 22.3 Å². The summed E-state index contributed by atoms with van der Waals surface area (Å²) in [6, 6.07) is 25.0. The minimum absolute atomic E-state index is 0.0139. The summed E-state index contributed by atoms with van der Waals surface area (Å²) in [4.78, 5) is 0.